The second kappa shape index (κ2) is 8.57. The first kappa shape index (κ1) is 22.3. The lowest BCUT2D eigenvalue weighted by Crippen LogP contribution is -2.19. The Morgan fingerprint density at radius 3 is 2.34 bits per heavy atom. The molecule has 0 bridgehead atoms. The van der Waals surface area contributed by atoms with Gasteiger partial charge >= 0.3 is 0 Å². The van der Waals surface area contributed by atoms with Crippen molar-refractivity contribution in [3.05, 3.63) is 40.7 Å². The van der Waals surface area contributed by atoms with E-state index in [9.17, 15) is 0 Å². The molecule has 9 nitrogen and oxygen atoms in total. The molecular formula is C22H31N9S. The Hall–Kier alpha value is -2.88. The molecule has 1 atom stereocenters. The molecule has 0 aromatic carbocycles. The average molecular weight is 454 g/mol. The molecule has 0 aliphatic heterocycles. The minimum absolute atomic E-state index is 0.0744. The molecule has 170 valence electrons. The van der Waals surface area contributed by atoms with Crippen LogP contribution in [0.15, 0.2) is 12.5 Å². The van der Waals surface area contributed by atoms with Crippen molar-refractivity contribution in [2.45, 2.75) is 45.3 Å². The number of aromatic nitrogens is 7. The Balaban J connectivity index is 1.76. The van der Waals surface area contributed by atoms with E-state index < -0.39 is 0 Å². The van der Waals surface area contributed by atoms with E-state index in [0.29, 0.717) is 11.6 Å². The smallest absolute Gasteiger partial charge is 0.254 e. The molecule has 0 fully saturated rings. The summed E-state index contributed by atoms with van der Waals surface area (Å²) in [6.45, 7) is 6.23. The number of aryl methyl sites for hydroxylation is 3. The van der Waals surface area contributed by atoms with Crippen LogP contribution in [-0.2, 0) is 19.3 Å². The second-order valence-electron chi connectivity index (χ2n) is 8.49. The van der Waals surface area contributed by atoms with E-state index in [0.717, 1.165) is 53.5 Å². The van der Waals surface area contributed by atoms with E-state index in [2.05, 4.69) is 44.3 Å². The van der Waals surface area contributed by atoms with Crippen molar-refractivity contribution in [1.29, 1.82) is 0 Å². The van der Waals surface area contributed by atoms with E-state index in [4.69, 9.17) is 27.6 Å². The molecule has 0 amide bonds. The Labute approximate surface area is 193 Å². The standard InChI is InChI=1S/C22H31N9S/c1-8-17-16(19(28(4)5)31-21(27-17)23-12-24-31)10-9-15-11-30-20(29(6)7)18(14(3)32)13(2)25-22(30)26-15/h11-12,14,32H,8-10H2,1-7H3. The third-order valence-electron chi connectivity index (χ3n) is 5.68. The van der Waals surface area contributed by atoms with Gasteiger partial charge in [-0.2, -0.15) is 27.2 Å². The minimum atomic E-state index is 0.0744. The highest BCUT2D eigenvalue weighted by molar-refractivity contribution is 7.80. The maximum atomic E-state index is 4.85. The highest BCUT2D eigenvalue weighted by Crippen LogP contribution is 2.32. The summed E-state index contributed by atoms with van der Waals surface area (Å²) in [5.41, 5.74) is 5.30. The van der Waals surface area contributed by atoms with Crippen LogP contribution < -0.4 is 9.80 Å². The van der Waals surface area contributed by atoms with E-state index >= 15 is 0 Å². The molecule has 32 heavy (non-hydrogen) atoms. The van der Waals surface area contributed by atoms with Crippen LogP contribution in [0, 0.1) is 6.92 Å². The fourth-order valence-corrected chi connectivity index (χ4v) is 4.69. The van der Waals surface area contributed by atoms with Gasteiger partial charge in [0.05, 0.1) is 11.4 Å². The first-order valence-electron chi connectivity index (χ1n) is 10.9. The molecule has 4 rings (SSSR count). The summed E-state index contributed by atoms with van der Waals surface area (Å²) in [5.74, 6) is 3.43. The normalized spacial score (nSPS) is 12.6. The lowest BCUT2D eigenvalue weighted by molar-refractivity contribution is 0.814. The van der Waals surface area contributed by atoms with E-state index in [1.165, 1.54) is 5.56 Å². The Bertz CT molecular complexity index is 1270. The van der Waals surface area contributed by atoms with Gasteiger partial charge in [0.25, 0.3) is 5.78 Å². The van der Waals surface area contributed by atoms with Gasteiger partial charge < -0.3 is 9.80 Å². The van der Waals surface area contributed by atoms with Crippen LogP contribution in [0.5, 0.6) is 0 Å². The van der Waals surface area contributed by atoms with Crippen molar-refractivity contribution in [1.82, 2.24) is 34.0 Å². The lowest BCUT2D eigenvalue weighted by Gasteiger charge is -2.22. The third-order valence-corrected chi connectivity index (χ3v) is 5.94. The average Bonchev–Trinajstić information content (AvgIpc) is 3.35. The number of fused-ring (bicyclic) bond motifs is 2. The zero-order chi connectivity index (χ0) is 23.2. The Kier molecular flexibility index (Phi) is 5.98. The summed E-state index contributed by atoms with van der Waals surface area (Å²) in [4.78, 5) is 22.8. The van der Waals surface area contributed by atoms with Gasteiger partial charge in [-0.25, -0.2) is 15.0 Å². The van der Waals surface area contributed by atoms with Crippen molar-refractivity contribution in [2.24, 2.45) is 0 Å². The van der Waals surface area contributed by atoms with Crippen LogP contribution in [0.4, 0.5) is 11.6 Å². The van der Waals surface area contributed by atoms with E-state index in [1.807, 2.05) is 39.6 Å². The third kappa shape index (κ3) is 3.76. The van der Waals surface area contributed by atoms with Crippen LogP contribution in [0.1, 0.15) is 47.3 Å². The lowest BCUT2D eigenvalue weighted by atomic mass is 10.1. The molecule has 4 aromatic heterocycles. The first-order chi connectivity index (χ1) is 15.2. The largest absolute Gasteiger partial charge is 0.363 e. The molecule has 1 unspecified atom stereocenters. The highest BCUT2D eigenvalue weighted by atomic mass is 32.1. The van der Waals surface area contributed by atoms with Gasteiger partial charge in [-0.3, -0.25) is 4.40 Å². The highest BCUT2D eigenvalue weighted by Gasteiger charge is 2.21. The van der Waals surface area contributed by atoms with Crippen molar-refractivity contribution in [3.63, 3.8) is 0 Å². The van der Waals surface area contributed by atoms with Crippen LogP contribution in [0.25, 0.3) is 11.6 Å². The van der Waals surface area contributed by atoms with Crippen molar-refractivity contribution in [3.8, 4) is 0 Å². The van der Waals surface area contributed by atoms with Crippen molar-refractivity contribution >= 4 is 35.8 Å². The summed E-state index contributed by atoms with van der Waals surface area (Å²) in [7, 11) is 8.15. The predicted molar refractivity (Wildman–Crippen MR) is 131 cm³/mol. The SMILES string of the molecule is CCc1nc2ncnn2c(N(C)C)c1CCc1cn2c(N(C)C)c(C(C)S)c(C)nc2n1. The molecule has 0 aliphatic rings. The topological polar surface area (TPSA) is 79.8 Å². The molecule has 4 heterocycles. The van der Waals surface area contributed by atoms with Crippen molar-refractivity contribution in [2.75, 3.05) is 38.0 Å². The minimum Gasteiger partial charge on any atom is -0.363 e. The number of anilines is 2. The van der Waals surface area contributed by atoms with Gasteiger partial charge in [-0.15, -0.1) is 0 Å². The summed E-state index contributed by atoms with van der Waals surface area (Å²) < 4.78 is 3.89. The van der Waals surface area contributed by atoms with Crippen molar-refractivity contribution < 1.29 is 0 Å². The Morgan fingerprint density at radius 2 is 1.72 bits per heavy atom. The number of hydrogen-bond donors (Lipinski definition) is 1. The molecular weight excluding hydrogens is 422 g/mol. The van der Waals surface area contributed by atoms with Crippen LogP contribution >= 0.6 is 12.6 Å². The molecule has 0 saturated carbocycles. The summed E-state index contributed by atoms with van der Waals surface area (Å²) in [5, 5.41) is 4.47. The van der Waals surface area contributed by atoms with Gasteiger partial charge in [0.1, 0.15) is 18.0 Å². The van der Waals surface area contributed by atoms with E-state index in [-0.39, 0.29) is 5.25 Å². The van der Waals surface area contributed by atoms with Crippen LogP contribution in [0.3, 0.4) is 0 Å². The van der Waals surface area contributed by atoms with Gasteiger partial charge in [0.15, 0.2) is 0 Å². The maximum absolute atomic E-state index is 4.85. The number of nitrogens with zero attached hydrogens (tertiary/aromatic N) is 9. The zero-order valence-corrected chi connectivity index (χ0v) is 20.7. The molecule has 4 aromatic rings. The van der Waals surface area contributed by atoms with Gasteiger partial charge in [0.2, 0.25) is 5.78 Å². The predicted octanol–water partition coefficient (Wildman–Crippen LogP) is 2.95. The zero-order valence-electron chi connectivity index (χ0n) is 19.8. The van der Waals surface area contributed by atoms with Gasteiger partial charge in [0, 0.05) is 56.5 Å². The molecule has 0 spiro atoms. The van der Waals surface area contributed by atoms with Crippen LogP contribution in [-0.4, -0.2) is 62.1 Å². The Morgan fingerprint density at radius 1 is 1.00 bits per heavy atom. The van der Waals surface area contributed by atoms with E-state index in [1.54, 1.807) is 6.33 Å². The fourth-order valence-electron chi connectivity index (χ4n) is 4.39. The molecule has 0 aliphatic carbocycles. The van der Waals surface area contributed by atoms with Gasteiger partial charge in [-0.05, 0) is 33.1 Å². The molecule has 10 heteroatoms. The fraction of sp³-hybridized carbons (Fsp3) is 0.500. The quantitative estimate of drug-likeness (QED) is 0.431. The monoisotopic (exact) mass is 453 g/mol. The summed E-state index contributed by atoms with van der Waals surface area (Å²) >= 11 is 4.69. The number of hydrogen-bond acceptors (Lipinski definition) is 8. The summed E-state index contributed by atoms with van der Waals surface area (Å²) in [6.07, 6.45) is 6.06. The number of rotatable bonds is 7. The molecule has 0 radical (unpaired) electrons. The summed E-state index contributed by atoms with van der Waals surface area (Å²) in [6, 6.07) is 0. The molecule has 0 N–H and O–H groups in total. The van der Waals surface area contributed by atoms with Crippen LogP contribution in [0.2, 0.25) is 0 Å². The first-order valence-corrected chi connectivity index (χ1v) is 11.4. The molecule has 0 saturated heterocycles. The number of imidazole rings is 1. The number of thiol groups is 1. The second-order valence-corrected chi connectivity index (χ2v) is 9.26. The maximum Gasteiger partial charge on any atom is 0.254 e. The van der Waals surface area contributed by atoms with Gasteiger partial charge in [-0.1, -0.05) is 6.92 Å².